The van der Waals surface area contributed by atoms with Crippen LogP contribution in [0.2, 0.25) is 0 Å². The van der Waals surface area contributed by atoms with Crippen molar-refractivity contribution in [1.82, 2.24) is 0 Å². The van der Waals surface area contributed by atoms with Crippen molar-refractivity contribution < 1.29 is 4.74 Å². The van der Waals surface area contributed by atoms with Crippen LogP contribution in [0.25, 0.3) is 77.2 Å². The van der Waals surface area contributed by atoms with Crippen LogP contribution in [-0.2, 0) is 5.41 Å². The van der Waals surface area contributed by atoms with Crippen molar-refractivity contribution in [2.45, 2.75) is 5.41 Å². The van der Waals surface area contributed by atoms with E-state index in [9.17, 15) is 0 Å². The maximum Gasteiger partial charge on any atom is 0.140 e. The SMILES string of the molecule is c1ccc(-c2cccc(N(c3ccccc3-c3ccc4c(c3)C3(c5ccccc5-4)c4ccc5ccccc5c4Oc4c3ccc3ccccc43)c3cc(-c4ccccc4)ccc3-c3ccccc3)c2)cc1. The molecule has 12 aromatic carbocycles. The number of ether oxygens (including phenoxy) is 1. The van der Waals surface area contributed by atoms with E-state index in [2.05, 4.69) is 278 Å². The molecule has 14 rings (SSSR count). The molecule has 0 N–H and O–H groups in total. The minimum Gasteiger partial charge on any atom is -0.455 e. The molecule has 2 nitrogen and oxygen atoms in total. The summed E-state index contributed by atoms with van der Waals surface area (Å²) in [4.78, 5) is 2.49. The Kier molecular flexibility index (Phi) is 9.47. The van der Waals surface area contributed by atoms with Crippen molar-refractivity contribution in [2.24, 2.45) is 0 Å². The van der Waals surface area contributed by atoms with Crippen molar-refractivity contribution in [3.05, 3.63) is 295 Å². The molecule has 1 heterocycles. The third-order valence-corrected chi connectivity index (χ3v) is 14.9. The van der Waals surface area contributed by atoms with Gasteiger partial charge < -0.3 is 9.64 Å². The zero-order valence-electron chi connectivity index (χ0n) is 38.8. The van der Waals surface area contributed by atoms with Crippen LogP contribution in [0, 0.1) is 0 Å². The van der Waals surface area contributed by atoms with Gasteiger partial charge in [0, 0.05) is 38.7 Å². The second-order valence-corrected chi connectivity index (χ2v) is 18.7. The molecule has 0 saturated carbocycles. The van der Waals surface area contributed by atoms with Crippen LogP contribution < -0.4 is 9.64 Å². The highest BCUT2D eigenvalue weighted by molar-refractivity contribution is 6.01. The number of rotatable bonds is 7. The van der Waals surface area contributed by atoms with Gasteiger partial charge in [0.05, 0.1) is 16.8 Å². The lowest BCUT2D eigenvalue weighted by molar-refractivity contribution is 0.447. The van der Waals surface area contributed by atoms with Gasteiger partial charge in [0.25, 0.3) is 0 Å². The first-order valence-electron chi connectivity index (χ1n) is 24.5. The topological polar surface area (TPSA) is 12.5 Å². The molecule has 332 valence electrons. The quantitative estimate of drug-likeness (QED) is 0.158. The molecule has 0 amide bonds. The minimum absolute atomic E-state index is 0.679. The number of hydrogen-bond acceptors (Lipinski definition) is 2. The summed E-state index contributed by atoms with van der Waals surface area (Å²) >= 11 is 0. The highest BCUT2D eigenvalue weighted by atomic mass is 16.5. The van der Waals surface area contributed by atoms with E-state index in [4.69, 9.17) is 4.74 Å². The second-order valence-electron chi connectivity index (χ2n) is 18.7. The van der Waals surface area contributed by atoms with E-state index >= 15 is 0 Å². The fraction of sp³-hybridized carbons (Fsp3) is 0.0145. The van der Waals surface area contributed by atoms with Crippen LogP contribution in [-0.4, -0.2) is 0 Å². The van der Waals surface area contributed by atoms with Crippen molar-refractivity contribution in [2.75, 3.05) is 4.90 Å². The zero-order chi connectivity index (χ0) is 46.9. The predicted octanol–water partition coefficient (Wildman–Crippen LogP) is 18.6. The first kappa shape index (κ1) is 40.8. The molecule has 2 aliphatic rings. The monoisotopic (exact) mass is 903 g/mol. The number of para-hydroxylation sites is 1. The smallest absolute Gasteiger partial charge is 0.140 e. The van der Waals surface area contributed by atoms with E-state index < -0.39 is 5.41 Å². The van der Waals surface area contributed by atoms with Gasteiger partial charge in [0.2, 0.25) is 0 Å². The molecular formula is C69H45NO. The minimum atomic E-state index is -0.679. The number of nitrogens with zero attached hydrogens (tertiary/aromatic N) is 1. The first-order chi connectivity index (χ1) is 35.2. The van der Waals surface area contributed by atoms with E-state index in [1.165, 1.54) is 33.4 Å². The summed E-state index contributed by atoms with van der Waals surface area (Å²) in [6, 6.07) is 99.9. The van der Waals surface area contributed by atoms with Crippen molar-refractivity contribution in [3.8, 4) is 67.1 Å². The molecule has 71 heavy (non-hydrogen) atoms. The van der Waals surface area contributed by atoms with E-state index in [0.717, 1.165) is 94.6 Å². The molecule has 0 fully saturated rings. The summed E-state index contributed by atoms with van der Waals surface area (Å²) in [5.41, 5.74) is 19.0. The highest BCUT2D eigenvalue weighted by Crippen LogP contribution is 2.64. The molecule has 0 radical (unpaired) electrons. The summed E-state index contributed by atoms with van der Waals surface area (Å²) in [6.45, 7) is 0. The molecule has 0 aromatic heterocycles. The Morgan fingerprint density at radius 3 is 1.44 bits per heavy atom. The fourth-order valence-corrected chi connectivity index (χ4v) is 11.7. The van der Waals surface area contributed by atoms with E-state index in [1.54, 1.807) is 0 Å². The van der Waals surface area contributed by atoms with Crippen LogP contribution in [0.5, 0.6) is 11.5 Å². The van der Waals surface area contributed by atoms with Gasteiger partial charge >= 0.3 is 0 Å². The van der Waals surface area contributed by atoms with Crippen molar-refractivity contribution in [3.63, 3.8) is 0 Å². The molecule has 0 atom stereocenters. The largest absolute Gasteiger partial charge is 0.455 e. The fourth-order valence-electron chi connectivity index (χ4n) is 11.7. The maximum absolute atomic E-state index is 7.31. The van der Waals surface area contributed by atoms with Gasteiger partial charge in [-0.05, 0) is 96.7 Å². The van der Waals surface area contributed by atoms with Crippen LogP contribution in [0.1, 0.15) is 22.3 Å². The van der Waals surface area contributed by atoms with Crippen LogP contribution in [0.3, 0.4) is 0 Å². The third kappa shape index (κ3) is 6.42. The van der Waals surface area contributed by atoms with E-state index in [-0.39, 0.29) is 0 Å². The average molecular weight is 904 g/mol. The number of anilines is 3. The van der Waals surface area contributed by atoms with Crippen molar-refractivity contribution in [1.29, 1.82) is 0 Å². The molecule has 0 saturated heterocycles. The van der Waals surface area contributed by atoms with Crippen molar-refractivity contribution >= 4 is 38.6 Å². The lowest BCUT2D eigenvalue weighted by atomic mass is 9.65. The van der Waals surface area contributed by atoms with E-state index in [1.807, 2.05) is 0 Å². The highest BCUT2D eigenvalue weighted by Gasteiger charge is 2.52. The van der Waals surface area contributed by atoms with Gasteiger partial charge in [-0.25, -0.2) is 0 Å². The summed E-state index contributed by atoms with van der Waals surface area (Å²) in [5, 5.41) is 4.52. The molecular weight excluding hydrogens is 859 g/mol. The maximum atomic E-state index is 7.31. The summed E-state index contributed by atoms with van der Waals surface area (Å²) in [5.74, 6) is 1.83. The first-order valence-corrected chi connectivity index (χ1v) is 24.5. The molecule has 2 heteroatoms. The van der Waals surface area contributed by atoms with Gasteiger partial charge in [0.15, 0.2) is 0 Å². The third-order valence-electron chi connectivity index (χ3n) is 14.9. The van der Waals surface area contributed by atoms with Gasteiger partial charge in [0.1, 0.15) is 11.5 Å². The Bertz CT molecular complexity index is 3940. The van der Waals surface area contributed by atoms with Crippen LogP contribution in [0.4, 0.5) is 17.1 Å². The molecule has 0 bridgehead atoms. The molecule has 0 unspecified atom stereocenters. The Morgan fingerprint density at radius 2 is 0.761 bits per heavy atom. The summed E-state index contributed by atoms with van der Waals surface area (Å²) < 4.78 is 7.31. The molecule has 1 spiro atoms. The number of benzene rings is 12. The van der Waals surface area contributed by atoms with Gasteiger partial charge in [-0.15, -0.1) is 0 Å². The Hall–Kier alpha value is -9.24. The van der Waals surface area contributed by atoms with Crippen LogP contribution >= 0.6 is 0 Å². The normalized spacial score (nSPS) is 12.7. The second kappa shape index (κ2) is 16.5. The van der Waals surface area contributed by atoms with Crippen LogP contribution in [0.15, 0.2) is 273 Å². The predicted molar refractivity (Wildman–Crippen MR) is 295 cm³/mol. The Labute approximate surface area is 414 Å². The van der Waals surface area contributed by atoms with Gasteiger partial charge in [-0.1, -0.05) is 243 Å². The lowest BCUT2D eigenvalue weighted by Crippen LogP contribution is -2.32. The lowest BCUT2D eigenvalue weighted by Gasteiger charge is -2.40. The zero-order valence-corrected chi connectivity index (χ0v) is 38.8. The van der Waals surface area contributed by atoms with Gasteiger partial charge in [-0.3, -0.25) is 0 Å². The van der Waals surface area contributed by atoms with E-state index in [0.29, 0.717) is 0 Å². The number of hydrogen-bond donors (Lipinski definition) is 0. The summed E-state index contributed by atoms with van der Waals surface area (Å²) in [6.07, 6.45) is 0. The Balaban J connectivity index is 1.05. The standard InChI is InChI=1S/C69H45NO/c1-4-19-46(20-5-1)51-27-18-28-54(43-51)70(66-45-52(47-21-6-2-7-22-47)35-39-56(66)48-23-8-3-9-24-48)65-34-17-15-29-55(65)53-36-40-60-59-32-14-16-33-61(59)69(64(60)44-53)62-41-37-49-25-10-12-30-57(49)67(62)71-68-58-31-13-11-26-50(58)38-42-63(68)69/h1-45H. The molecule has 1 aliphatic heterocycles. The summed E-state index contributed by atoms with van der Waals surface area (Å²) in [7, 11) is 0. The number of fused-ring (bicyclic) bond motifs is 13. The van der Waals surface area contributed by atoms with Gasteiger partial charge in [-0.2, -0.15) is 0 Å². The molecule has 1 aliphatic carbocycles. The Morgan fingerprint density at radius 1 is 0.268 bits per heavy atom. The molecule has 12 aromatic rings. The average Bonchev–Trinajstić information content (AvgIpc) is 3.74.